The molecule has 1 saturated carbocycles. The van der Waals surface area contributed by atoms with Gasteiger partial charge in [-0.1, -0.05) is 30.0 Å². The van der Waals surface area contributed by atoms with Gasteiger partial charge in [0.2, 0.25) is 5.30 Å². The number of hydrogen-bond donors (Lipinski definition) is 0. The molecule has 5 heteroatoms. The Kier molecular flexibility index (Phi) is 7.96. The molecule has 126 valence electrons. The van der Waals surface area contributed by atoms with E-state index < -0.39 is 8.03 Å². The van der Waals surface area contributed by atoms with E-state index in [1.165, 1.54) is 0 Å². The van der Waals surface area contributed by atoms with Gasteiger partial charge in [-0.05, 0) is 41.9 Å². The van der Waals surface area contributed by atoms with E-state index in [-0.39, 0.29) is 31.3 Å². The van der Waals surface area contributed by atoms with Crippen molar-refractivity contribution in [2.45, 2.75) is 31.5 Å². The minimum atomic E-state index is -1.85. The fraction of sp³-hybridized carbons (Fsp3) is 0.474. The molecular formula is C19H22O4P+. The van der Waals surface area contributed by atoms with E-state index in [1.54, 1.807) is 12.1 Å². The van der Waals surface area contributed by atoms with Crippen LogP contribution in [0.5, 0.6) is 0 Å². The molecule has 0 aliphatic heterocycles. The summed E-state index contributed by atoms with van der Waals surface area (Å²) in [6.45, 7) is 0.951. The maximum atomic E-state index is 12.2. The Morgan fingerprint density at radius 3 is 2.12 bits per heavy atom. The Bertz CT molecular complexity index is 576. The quantitative estimate of drug-likeness (QED) is 0.537. The molecular weight excluding hydrogens is 323 g/mol. The van der Waals surface area contributed by atoms with Crippen LogP contribution in [0.3, 0.4) is 0 Å². The van der Waals surface area contributed by atoms with Crippen molar-refractivity contribution in [2.24, 2.45) is 5.92 Å². The minimum Gasteiger partial charge on any atom is -0.365 e. The van der Waals surface area contributed by atoms with Gasteiger partial charge in [0, 0.05) is 0 Å². The Labute approximate surface area is 144 Å². The van der Waals surface area contributed by atoms with Crippen LogP contribution in [-0.4, -0.2) is 32.0 Å². The van der Waals surface area contributed by atoms with Crippen LogP contribution in [0, 0.1) is 30.6 Å². The standard InChI is InChI=1S/C19H22O4P/c1-3-10-21-17-12-16(13-18(14-17)22-11-4-2)15-23-24(20)19-8-6-5-7-9-19/h1-2,5-9,16-18H,10-15H2/q+1. The van der Waals surface area contributed by atoms with Gasteiger partial charge >= 0.3 is 8.03 Å². The molecule has 0 saturated heterocycles. The summed E-state index contributed by atoms with van der Waals surface area (Å²) in [6, 6.07) is 9.18. The summed E-state index contributed by atoms with van der Waals surface area (Å²) in [4.78, 5) is 0. The third-order valence-electron chi connectivity index (χ3n) is 3.92. The largest absolute Gasteiger partial charge is 0.548 e. The van der Waals surface area contributed by atoms with Gasteiger partial charge in [0.05, 0.1) is 12.2 Å². The van der Waals surface area contributed by atoms with Crippen molar-refractivity contribution in [3.63, 3.8) is 0 Å². The van der Waals surface area contributed by atoms with Gasteiger partial charge in [-0.25, -0.2) is 0 Å². The molecule has 0 amide bonds. The Hall–Kier alpha value is -1.68. The first-order chi connectivity index (χ1) is 11.7. The van der Waals surface area contributed by atoms with Crippen molar-refractivity contribution >= 4 is 13.3 Å². The van der Waals surface area contributed by atoms with E-state index in [2.05, 4.69) is 11.8 Å². The highest BCUT2D eigenvalue weighted by Crippen LogP contribution is 2.32. The van der Waals surface area contributed by atoms with Gasteiger partial charge in [0.15, 0.2) is 0 Å². The van der Waals surface area contributed by atoms with Crippen molar-refractivity contribution in [3.05, 3.63) is 30.3 Å². The molecule has 3 unspecified atom stereocenters. The topological polar surface area (TPSA) is 44.8 Å². The molecule has 1 aromatic carbocycles. The molecule has 24 heavy (non-hydrogen) atoms. The molecule has 0 heterocycles. The lowest BCUT2D eigenvalue weighted by atomic mass is 9.85. The first-order valence-corrected chi connectivity index (χ1v) is 9.16. The summed E-state index contributed by atoms with van der Waals surface area (Å²) < 4.78 is 29.1. The van der Waals surface area contributed by atoms with E-state index in [4.69, 9.17) is 26.8 Å². The summed E-state index contributed by atoms with van der Waals surface area (Å²) in [7, 11) is -1.85. The molecule has 0 spiro atoms. The Morgan fingerprint density at radius 2 is 1.58 bits per heavy atom. The second kappa shape index (κ2) is 10.2. The van der Waals surface area contributed by atoms with Gasteiger partial charge < -0.3 is 9.47 Å². The highest BCUT2D eigenvalue weighted by molar-refractivity contribution is 7.48. The van der Waals surface area contributed by atoms with Gasteiger partial charge in [-0.3, -0.25) is 0 Å². The SMILES string of the molecule is C#CCOC1CC(CO[P+](=O)c2ccccc2)CC(OCC#C)C1. The molecule has 2 rings (SSSR count). The van der Waals surface area contributed by atoms with E-state index in [9.17, 15) is 4.57 Å². The lowest BCUT2D eigenvalue weighted by Gasteiger charge is -2.33. The molecule has 0 bridgehead atoms. The van der Waals surface area contributed by atoms with Crippen molar-refractivity contribution < 1.29 is 18.6 Å². The smallest absolute Gasteiger partial charge is 0.365 e. The van der Waals surface area contributed by atoms with Crippen molar-refractivity contribution in [3.8, 4) is 24.7 Å². The fourth-order valence-corrected chi connectivity index (χ4v) is 3.77. The monoisotopic (exact) mass is 345 g/mol. The van der Waals surface area contributed by atoms with Crippen LogP contribution in [0.15, 0.2) is 30.3 Å². The van der Waals surface area contributed by atoms with Crippen LogP contribution in [0.25, 0.3) is 0 Å². The van der Waals surface area contributed by atoms with Crippen LogP contribution in [0.2, 0.25) is 0 Å². The van der Waals surface area contributed by atoms with E-state index in [0.29, 0.717) is 11.9 Å². The molecule has 0 N–H and O–H groups in total. The lowest BCUT2D eigenvalue weighted by molar-refractivity contribution is -0.0517. The number of ether oxygens (including phenoxy) is 2. The van der Waals surface area contributed by atoms with Gasteiger partial charge in [-0.2, -0.15) is 0 Å². The van der Waals surface area contributed by atoms with Crippen molar-refractivity contribution in [1.82, 2.24) is 0 Å². The zero-order valence-corrected chi connectivity index (χ0v) is 14.5. The zero-order valence-electron chi connectivity index (χ0n) is 13.6. The minimum absolute atomic E-state index is 0.0146. The third-order valence-corrected chi connectivity index (χ3v) is 5.02. The number of hydrogen-bond acceptors (Lipinski definition) is 4. The van der Waals surface area contributed by atoms with E-state index in [1.807, 2.05) is 18.2 Å². The van der Waals surface area contributed by atoms with Crippen LogP contribution in [0.1, 0.15) is 19.3 Å². The van der Waals surface area contributed by atoms with E-state index >= 15 is 0 Å². The van der Waals surface area contributed by atoms with Crippen molar-refractivity contribution in [1.29, 1.82) is 0 Å². The number of rotatable bonds is 8. The molecule has 1 aromatic rings. The van der Waals surface area contributed by atoms with Crippen LogP contribution in [-0.2, 0) is 18.6 Å². The average Bonchev–Trinajstić information content (AvgIpc) is 2.63. The predicted molar refractivity (Wildman–Crippen MR) is 94.1 cm³/mol. The second-order valence-electron chi connectivity index (χ2n) is 5.74. The molecule has 1 aliphatic rings. The predicted octanol–water partition coefficient (Wildman–Crippen LogP) is 2.91. The molecule has 0 aromatic heterocycles. The van der Waals surface area contributed by atoms with Gasteiger partial charge in [0.1, 0.15) is 19.8 Å². The van der Waals surface area contributed by atoms with Gasteiger partial charge in [-0.15, -0.1) is 17.4 Å². The Morgan fingerprint density at radius 1 is 1.00 bits per heavy atom. The normalized spacial score (nSPS) is 23.9. The molecule has 1 aliphatic carbocycles. The second-order valence-corrected chi connectivity index (χ2v) is 7.02. The van der Waals surface area contributed by atoms with Crippen LogP contribution in [0.4, 0.5) is 0 Å². The lowest BCUT2D eigenvalue weighted by Crippen LogP contribution is -2.35. The fourth-order valence-electron chi connectivity index (χ4n) is 2.86. The van der Waals surface area contributed by atoms with E-state index in [0.717, 1.165) is 19.3 Å². The first-order valence-electron chi connectivity index (χ1n) is 7.98. The number of benzene rings is 1. The molecule has 4 nitrogen and oxygen atoms in total. The summed E-state index contributed by atoms with van der Waals surface area (Å²) in [6.07, 6.45) is 13.0. The summed E-state index contributed by atoms with van der Waals surface area (Å²) >= 11 is 0. The molecule has 1 fully saturated rings. The first kappa shape index (κ1) is 18.7. The van der Waals surface area contributed by atoms with Crippen molar-refractivity contribution in [2.75, 3.05) is 19.8 Å². The average molecular weight is 345 g/mol. The number of terminal acetylenes is 2. The van der Waals surface area contributed by atoms with Crippen LogP contribution < -0.4 is 5.30 Å². The highest BCUT2D eigenvalue weighted by Gasteiger charge is 2.32. The maximum Gasteiger partial charge on any atom is 0.548 e. The zero-order chi connectivity index (χ0) is 17.2. The highest BCUT2D eigenvalue weighted by atomic mass is 31.1. The van der Waals surface area contributed by atoms with Crippen LogP contribution >= 0.6 is 8.03 Å². The summed E-state index contributed by atoms with van der Waals surface area (Å²) in [5, 5.41) is 0.698. The maximum absolute atomic E-state index is 12.2. The molecule has 3 atom stereocenters. The molecule has 0 radical (unpaired) electrons. The summed E-state index contributed by atoms with van der Waals surface area (Å²) in [5.41, 5.74) is 0. The van der Waals surface area contributed by atoms with Gasteiger partial charge in [0.25, 0.3) is 0 Å². The summed E-state index contributed by atoms with van der Waals surface area (Å²) in [5.74, 6) is 5.17. The third kappa shape index (κ3) is 6.08. The Balaban J connectivity index is 1.88.